The molecule has 4 rings (SSSR count). The number of hydrogen-bond donors (Lipinski definition) is 3. The van der Waals surface area contributed by atoms with Crippen LogP contribution in [0.3, 0.4) is 0 Å². The van der Waals surface area contributed by atoms with Gasteiger partial charge in [-0.25, -0.2) is 4.39 Å². The third-order valence-electron chi connectivity index (χ3n) is 6.03. The molecule has 0 bridgehead atoms. The highest BCUT2D eigenvalue weighted by molar-refractivity contribution is 5.94. The normalized spacial score (nSPS) is 15.3. The fraction of sp³-hybridized carbons (Fsp3) is 0.320. The van der Waals surface area contributed by atoms with Gasteiger partial charge in [-0.1, -0.05) is 30.3 Å². The Morgan fingerprint density at radius 3 is 2.52 bits per heavy atom. The second-order valence-corrected chi connectivity index (χ2v) is 8.37. The molecule has 3 amide bonds. The summed E-state index contributed by atoms with van der Waals surface area (Å²) < 4.78 is 13.9. The van der Waals surface area contributed by atoms with E-state index in [4.69, 9.17) is 0 Å². The second-order valence-electron chi connectivity index (χ2n) is 8.37. The Morgan fingerprint density at radius 1 is 1.09 bits per heavy atom. The summed E-state index contributed by atoms with van der Waals surface area (Å²) in [7, 11) is 0. The lowest BCUT2D eigenvalue weighted by molar-refractivity contribution is -0.128. The van der Waals surface area contributed by atoms with Crippen molar-refractivity contribution in [3.05, 3.63) is 71.7 Å². The Bertz CT molecular complexity index is 1170. The van der Waals surface area contributed by atoms with Gasteiger partial charge in [-0.2, -0.15) is 0 Å². The fourth-order valence-corrected chi connectivity index (χ4v) is 4.31. The Hall–Kier alpha value is -3.68. The number of benzene rings is 2. The van der Waals surface area contributed by atoms with E-state index in [1.165, 1.54) is 19.1 Å². The molecule has 0 aliphatic carbocycles. The van der Waals surface area contributed by atoms with E-state index in [1.54, 1.807) is 17.0 Å². The molecule has 1 fully saturated rings. The number of carbonyl (C=O) groups excluding carboxylic acids is 3. The molecule has 1 aliphatic rings. The maximum atomic E-state index is 13.9. The highest BCUT2D eigenvalue weighted by atomic mass is 19.1. The van der Waals surface area contributed by atoms with Crippen molar-refractivity contribution in [1.82, 2.24) is 20.5 Å². The minimum Gasteiger partial charge on any atom is -0.361 e. The molecule has 1 aliphatic heterocycles. The number of halogens is 1. The lowest BCUT2D eigenvalue weighted by atomic mass is 10.0. The number of piperidine rings is 1. The molecule has 0 spiro atoms. The van der Waals surface area contributed by atoms with E-state index in [1.807, 2.05) is 30.5 Å². The van der Waals surface area contributed by atoms with E-state index in [2.05, 4.69) is 15.6 Å². The Morgan fingerprint density at radius 2 is 1.79 bits per heavy atom. The van der Waals surface area contributed by atoms with Gasteiger partial charge in [0.25, 0.3) is 5.91 Å². The number of para-hydroxylation sites is 1. The van der Waals surface area contributed by atoms with Gasteiger partial charge in [0.05, 0.1) is 5.56 Å². The second kappa shape index (κ2) is 9.85. The lowest BCUT2D eigenvalue weighted by Crippen LogP contribution is -2.53. The number of fused-ring (bicyclic) bond motifs is 1. The number of carbonyl (C=O) groups is 3. The molecule has 0 saturated carbocycles. The van der Waals surface area contributed by atoms with E-state index in [0.29, 0.717) is 32.4 Å². The summed E-state index contributed by atoms with van der Waals surface area (Å²) in [5.74, 6) is -1.41. The van der Waals surface area contributed by atoms with Crippen LogP contribution in [0.4, 0.5) is 4.39 Å². The van der Waals surface area contributed by atoms with Gasteiger partial charge >= 0.3 is 0 Å². The van der Waals surface area contributed by atoms with Crippen LogP contribution in [-0.4, -0.2) is 52.8 Å². The van der Waals surface area contributed by atoms with E-state index in [9.17, 15) is 18.8 Å². The van der Waals surface area contributed by atoms with E-state index >= 15 is 0 Å². The van der Waals surface area contributed by atoms with Crippen molar-refractivity contribution in [3.63, 3.8) is 0 Å². The van der Waals surface area contributed by atoms with Crippen LogP contribution in [0, 0.1) is 5.82 Å². The zero-order chi connectivity index (χ0) is 23.4. The molecule has 3 aromatic rings. The van der Waals surface area contributed by atoms with Gasteiger partial charge in [0.15, 0.2) is 0 Å². The third kappa shape index (κ3) is 5.22. The molecule has 3 N–H and O–H groups in total. The molecule has 33 heavy (non-hydrogen) atoms. The summed E-state index contributed by atoms with van der Waals surface area (Å²) in [6, 6.07) is 12.9. The smallest absolute Gasteiger partial charge is 0.256 e. The predicted octanol–water partition coefficient (Wildman–Crippen LogP) is 2.78. The Kier molecular flexibility index (Phi) is 6.72. The largest absolute Gasteiger partial charge is 0.361 e. The molecule has 1 saturated heterocycles. The van der Waals surface area contributed by atoms with Crippen LogP contribution in [0.15, 0.2) is 54.7 Å². The molecule has 1 aromatic heterocycles. The fourth-order valence-electron chi connectivity index (χ4n) is 4.31. The summed E-state index contributed by atoms with van der Waals surface area (Å²) in [6.07, 6.45) is 3.34. The molecule has 1 atom stereocenters. The highest BCUT2D eigenvalue weighted by Gasteiger charge is 2.28. The molecule has 1 unspecified atom stereocenters. The molecule has 2 heterocycles. The summed E-state index contributed by atoms with van der Waals surface area (Å²) in [6.45, 7) is 2.24. The Balaban J connectivity index is 1.37. The van der Waals surface area contributed by atoms with Crippen molar-refractivity contribution in [2.75, 3.05) is 13.1 Å². The minimum atomic E-state index is -0.709. The van der Waals surface area contributed by atoms with Crippen molar-refractivity contribution in [1.29, 1.82) is 0 Å². The van der Waals surface area contributed by atoms with Crippen LogP contribution >= 0.6 is 0 Å². The average Bonchev–Trinajstić information content (AvgIpc) is 3.21. The van der Waals surface area contributed by atoms with Gasteiger partial charge in [0, 0.05) is 49.6 Å². The van der Waals surface area contributed by atoms with Crippen molar-refractivity contribution >= 4 is 28.6 Å². The number of amides is 3. The number of nitrogens with one attached hydrogen (secondary N) is 3. The summed E-state index contributed by atoms with van der Waals surface area (Å²) in [5.41, 5.74) is 1.98. The lowest BCUT2D eigenvalue weighted by Gasteiger charge is -2.33. The molecule has 7 nitrogen and oxygen atoms in total. The first kappa shape index (κ1) is 22.5. The molecule has 2 aromatic carbocycles. The first-order valence-corrected chi connectivity index (χ1v) is 11.1. The molecular formula is C25H27FN4O3. The average molecular weight is 451 g/mol. The summed E-state index contributed by atoms with van der Waals surface area (Å²) >= 11 is 0. The maximum absolute atomic E-state index is 13.9. The van der Waals surface area contributed by atoms with Gasteiger partial charge in [-0.05, 0) is 36.6 Å². The zero-order valence-corrected chi connectivity index (χ0v) is 18.4. The molecule has 8 heteroatoms. The quantitative estimate of drug-likeness (QED) is 0.539. The standard InChI is InChI=1S/C25H27FN4O3/c1-16(31)28-23(14-17-15-27-22-9-5-3-6-19(17)22)24(32)29-18-10-12-30(13-11-18)25(33)20-7-2-4-8-21(20)26/h2-9,15,18,23,27H,10-14H2,1H3,(H,28,31)(H,29,32). The van der Waals surface area contributed by atoms with E-state index in [-0.39, 0.29) is 29.3 Å². The number of hydrogen-bond acceptors (Lipinski definition) is 3. The third-order valence-corrected chi connectivity index (χ3v) is 6.03. The number of rotatable bonds is 6. The summed E-state index contributed by atoms with van der Waals surface area (Å²) in [4.78, 5) is 42.2. The Labute approximate surface area is 191 Å². The van der Waals surface area contributed by atoms with Crippen LogP contribution in [0.5, 0.6) is 0 Å². The van der Waals surface area contributed by atoms with Crippen LogP contribution < -0.4 is 10.6 Å². The first-order chi connectivity index (χ1) is 15.9. The molecule has 172 valence electrons. The van der Waals surface area contributed by atoms with Crippen LogP contribution in [0.2, 0.25) is 0 Å². The van der Waals surface area contributed by atoms with Crippen molar-refractivity contribution in [2.24, 2.45) is 0 Å². The van der Waals surface area contributed by atoms with Gasteiger partial charge in [0.2, 0.25) is 11.8 Å². The van der Waals surface area contributed by atoms with E-state index in [0.717, 1.165) is 16.5 Å². The topological polar surface area (TPSA) is 94.3 Å². The van der Waals surface area contributed by atoms with Crippen LogP contribution in [0.25, 0.3) is 10.9 Å². The highest BCUT2D eigenvalue weighted by Crippen LogP contribution is 2.20. The van der Waals surface area contributed by atoms with E-state index < -0.39 is 11.9 Å². The minimum absolute atomic E-state index is 0.0597. The molecule has 0 radical (unpaired) electrons. The maximum Gasteiger partial charge on any atom is 0.256 e. The number of aromatic amines is 1. The number of aromatic nitrogens is 1. The predicted molar refractivity (Wildman–Crippen MR) is 123 cm³/mol. The van der Waals surface area contributed by atoms with Crippen LogP contribution in [-0.2, 0) is 16.0 Å². The number of H-pyrrole nitrogens is 1. The van der Waals surface area contributed by atoms with Gasteiger partial charge in [-0.3, -0.25) is 14.4 Å². The van der Waals surface area contributed by atoms with Gasteiger partial charge < -0.3 is 20.5 Å². The van der Waals surface area contributed by atoms with Crippen LogP contribution in [0.1, 0.15) is 35.7 Å². The number of likely N-dealkylation sites (tertiary alicyclic amines) is 1. The zero-order valence-electron chi connectivity index (χ0n) is 18.4. The SMILES string of the molecule is CC(=O)NC(Cc1c[nH]c2ccccc12)C(=O)NC1CCN(C(=O)c2ccccc2F)CC1. The van der Waals surface area contributed by atoms with Gasteiger partial charge in [-0.15, -0.1) is 0 Å². The van der Waals surface area contributed by atoms with Crippen molar-refractivity contribution in [3.8, 4) is 0 Å². The first-order valence-electron chi connectivity index (χ1n) is 11.1. The van der Waals surface area contributed by atoms with Crippen molar-refractivity contribution in [2.45, 2.75) is 38.3 Å². The van der Waals surface area contributed by atoms with Gasteiger partial charge in [0.1, 0.15) is 11.9 Å². The molecular weight excluding hydrogens is 423 g/mol. The number of nitrogens with zero attached hydrogens (tertiary/aromatic N) is 1. The van der Waals surface area contributed by atoms with Crippen molar-refractivity contribution < 1.29 is 18.8 Å². The summed E-state index contributed by atoms with van der Waals surface area (Å²) in [5, 5.41) is 6.79. The monoisotopic (exact) mass is 450 g/mol.